The molecule has 2 aromatic rings. The molecular weight excluding hydrogens is 222 g/mol. The Morgan fingerprint density at radius 1 is 1.22 bits per heavy atom. The standard InChI is InChI=1S/C15H19N3/c1-10-3-5-12(6-4-10)15-11(2)17-14(18-15)9-16-13-7-8-13/h3-6,13,16H,7-9H2,1-2H3,(H,17,18). The average Bonchev–Trinajstić information content (AvgIpc) is 3.12. The summed E-state index contributed by atoms with van der Waals surface area (Å²) in [5.41, 5.74) is 4.68. The summed E-state index contributed by atoms with van der Waals surface area (Å²) in [5.74, 6) is 1.04. The number of nitrogens with one attached hydrogen (secondary N) is 2. The Hall–Kier alpha value is -1.61. The maximum absolute atomic E-state index is 4.69. The first-order chi connectivity index (χ1) is 8.72. The highest BCUT2D eigenvalue weighted by Gasteiger charge is 2.20. The molecule has 0 atom stereocenters. The largest absolute Gasteiger partial charge is 0.344 e. The van der Waals surface area contributed by atoms with Crippen LogP contribution in [0, 0.1) is 13.8 Å². The lowest BCUT2D eigenvalue weighted by Gasteiger charge is -1.99. The summed E-state index contributed by atoms with van der Waals surface area (Å²) in [5, 5.41) is 3.48. The summed E-state index contributed by atoms with van der Waals surface area (Å²) >= 11 is 0. The average molecular weight is 241 g/mol. The quantitative estimate of drug-likeness (QED) is 0.864. The van der Waals surface area contributed by atoms with Gasteiger partial charge in [0.25, 0.3) is 0 Å². The van der Waals surface area contributed by atoms with Crippen LogP contribution in [0.2, 0.25) is 0 Å². The summed E-state index contributed by atoms with van der Waals surface area (Å²) in [6.07, 6.45) is 2.62. The maximum Gasteiger partial charge on any atom is 0.121 e. The molecule has 1 aromatic carbocycles. The van der Waals surface area contributed by atoms with Crippen molar-refractivity contribution in [1.29, 1.82) is 0 Å². The molecule has 3 heteroatoms. The van der Waals surface area contributed by atoms with Crippen molar-refractivity contribution in [3.63, 3.8) is 0 Å². The number of nitrogens with zero attached hydrogens (tertiary/aromatic N) is 1. The van der Waals surface area contributed by atoms with Gasteiger partial charge in [-0.15, -0.1) is 0 Å². The number of benzene rings is 1. The zero-order valence-electron chi connectivity index (χ0n) is 11.0. The molecule has 0 unspecified atom stereocenters. The van der Waals surface area contributed by atoms with Crippen molar-refractivity contribution in [1.82, 2.24) is 15.3 Å². The second kappa shape index (κ2) is 4.58. The molecule has 1 aliphatic carbocycles. The molecule has 1 aromatic heterocycles. The van der Waals surface area contributed by atoms with Gasteiger partial charge in [0.1, 0.15) is 5.82 Å². The van der Waals surface area contributed by atoms with Gasteiger partial charge in [-0.3, -0.25) is 0 Å². The van der Waals surface area contributed by atoms with Crippen LogP contribution in [0.4, 0.5) is 0 Å². The third-order valence-corrected chi connectivity index (χ3v) is 3.39. The summed E-state index contributed by atoms with van der Waals surface area (Å²) in [6, 6.07) is 9.25. The molecule has 0 bridgehead atoms. The van der Waals surface area contributed by atoms with Gasteiger partial charge in [-0.05, 0) is 26.7 Å². The SMILES string of the molecule is Cc1ccc(-c2nc(CNC3CC3)[nH]c2C)cc1. The molecule has 1 fully saturated rings. The highest BCUT2D eigenvalue weighted by molar-refractivity contribution is 5.62. The van der Waals surface area contributed by atoms with Gasteiger partial charge in [0.2, 0.25) is 0 Å². The predicted molar refractivity (Wildman–Crippen MR) is 73.4 cm³/mol. The molecule has 3 rings (SSSR count). The van der Waals surface area contributed by atoms with Crippen LogP contribution in [0.5, 0.6) is 0 Å². The predicted octanol–water partition coefficient (Wildman–Crippen LogP) is 2.95. The fraction of sp³-hybridized carbons (Fsp3) is 0.400. The van der Waals surface area contributed by atoms with Crippen LogP contribution in [-0.2, 0) is 6.54 Å². The van der Waals surface area contributed by atoms with E-state index in [9.17, 15) is 0 Å². The van der Waals surface area contributed by atoms with Crippen molar-refractivity contribution < 1.29 is 0 Å². The Bertz CT molecular complexity index is 535. The minimum atomic E-state index is 0.721. The molecule has 0 saturated heterocycles. The van der Waals surface area contributed by atoms with E-state index in [0.717, 1.165) is 29.8 Å². The van der Waals surface area contributed by atoms with E-state index in [0.29, 0.717) is 0 Å². The Balaban J connectivity index is 1.80. The van der Waals surface area contributed by atoms with Crippen LogP contribution >= 0.6 is 0 Å². The number of imidazole rings is 1. The summed E-state index contributed by atoms with van der Waals surface area (Å²) in [7, 11) is 0. The molecule has 18 heavy (non-hydrogen) atoms. The number of hydrogen-bond donors (Lipinski definition) is 2. The van der Waals surface area contributed by atoms with Gasteiger partial charge in [-0.25, -0.2) is 4.98 Å². The Labute approximate surface area is 108 Å². The third-order valence-electron chi connectivity index (χ3n) is 3.39. The van der Waals surface area contributed by atoms with Gasteiger partial charge in [-0.2, -0.15) is 0 Å². The van der Waals surface area contributed by atoms with Crippen molar-refractivity contribution in [2.75, 3.05) is 0 Å². The summed E-state index contributed by atoms with van der Waals surface area (Å²) in [6.45, 7) is 5.03. The van der Waals surface area contributed by atoms with E-state index in [1.165, 1.54) is 24.0 Å². The van der Waals surface area contributed by atoms with Crippen molar-refractivity contribution in [2.24, 2.45) is 0 Å². The zero-order valence-corrected chi connectivity index (χ0v) is 11.0. The second-order valence-corrected chi connectivity index (χ2v) is 5.18. The van der Waals surface area contributed by atoms with Gasteiger partial charge in [0, 0.05) is 17.3 Å². The number of H-pyrrole nitrogens is 1. The molecule has 0 amide bonds. The van der Waals surface area contributed by atoms with Crippen LogP contribution in [0.25, 0.3) is 11.3 Å². The molecule has 0 spiro atoms. The van der Waals surface area contributed by atoms with Gasteiger partial charge < -0.3 is 10.3 Å². The van der Waals surface area contributed by atoms with Crippen molar-refractivity contribution in [2.45, 2.75) is 39.3 Å². The first-order valence-corrected chi connectivity index (χ1v) is 6.58. The molecule has 0 aliphatic heterocycles. The molecule has 94 valence electrons. The minimum Gasteiger partial charge on any atom is -0.344 e. The number of rotatable bonds is 4. The van der Waals surface area contributed by atoms with E-state index in [-0.39, 0.29) is 0 Å². The normalized spacial score (nSPS) is 15.0. The van der Waals surface area contributed by atoms with Crippen LogP contribution in [0.1, 0.15) is 29.9 Å². The molecule has 1 heterocycles. The molecular formula is C15H19N3. The van der Waals surface area contributed by atoms with E-state index in [1.54, 1.807) is 0 Å². The van der Waals surface area contributed by atoms with Crippen molar-refractivity contribution >= 4 is 0 Å². The molecule has 0 radical (unpaired) electrons. The van der Waals surface area contributed by atoms with E-state index in [2.05, 4.69) is 48.4 Å². The Kier molecular flexibility index (Phi) is 2.92. The van der Waals surface area contributed by atoms with Crippen LogP contribution < -0.4 is 5.32 Å². The number of aryl methyl sites for hydroxylation is 2. The lowest BCUT2D eigenvalue weighted by Crippen LogP contribution is -2.16. The topological polar surface area (TPSA) is 40.7 Å². The third kappa shape index (κ3) is 2.46. The molecule has 1 aliphatic rings. The molecule has 2 N–H and O–H groups in total. The maximum atomic E-state index is 4.69. The second-order valence-electron chi connectivity index (χ2n) is 5.18. The Morgan fingerprint density at radius 2 is 1.94 bits per heavy atom. The van der Waals surface area contributed by atoms with Crippen molar-refractivity contribution in [3.05, 3.63) is 41.3 Å². The smallest absolute Gasteiger partial charge is 0.121 e. The lowest BCUT2D eigenvalue weighted by molar-refractivity contribution is 0.663. The monoisotopic (exact) mass is 241 g/mol. The number of aromatic nitrogens is 2. The van der Waals surface area contributed by atoms with E-state index >= 15 is 0 Å². The van der Waals surface area contributed by atoms with Gasteiger partial charge >= 0.3 is 0 Å². The minimum absolute atomic E-state index is 0.721. The highest BCUT2D eigenvalue weighted by atomic mass is 15.0. The van der Waals surface area contributed by atoms with Gasteiger partial charge in [-0.1, -0.05) is 29.8 Å². The first kappa shape index (κ1) is 11.5. The fourth-order valence-electron chi connectivity index (χ4n) is 2.13. The van der Waals surface area contributed by atoms with Gasteiger partial charge in [0.15, 0.2) is 0 Å². The van der Waals surface area contributed by atoms with E-state index in [1.807, 2.05) is 0 Å². The summed E-state index contributed by atoms with van der Waals surface area (Å²) < 4.78 is 0. The van der Waals surface area contributed by atoms with Crippen LogP contribution in [0.3, 0.4) is 0 Å². The summed E-state index contributed by atoms with van der Waals surface area (Å²) in [4.78, 5) is 8.06. The Morgan fingerprint density at radius 3 is 2.61 bits per heavy atom. The van der Waals surface area contributed by atoms with Crippen LogP contribution in [0.15, 0.2) is 24.3 Å². The lowest BCUT2D eigenvalue weighted by atomic mass is 10.1. The molecule has 1 saturated carbocycles. The number of aromatic amines is 1. The van der Waals surface area contributed by atoms with Crippen LogP contribution in [-0.4, -0.2) is 16.0 Å². The van der Waals surface area contributed by atoms with E-state index < -0.39 is 0 Å². The first-order valence-electron chi connectivity index (χ1n) is 6.58. The molecule has 3 nitrogen and oxygen atoms in total. The highest BCUT2D eigenvalue weighted by Crippen LogP contribution is 2.22. The van der Waals surface area contributed by atoms with Crippen molar-refractivity contribution in [3.8, 4) is 11.3 Å². The fourth-order valence-corrected chi connectivity index (χ4v) is 2.13. The van der Waals surface area contributed by atoms with E-state index in [4.69, 9.17) is 4.98 Å². The number of hydrogen-bond acceptors (Lipinski definition) is 2. The van der Waals surface area contributed by atoms with Gasteiger partial charge in [0.05, 0.1) is 12.2 Å². The zero-order chi connectivity index (χ0) is 12.5.